The first-order valence-electron chi connectivity index (χ1n) is 8.49. The molecule has 0 saturated heterocycles. The summed E-state index contributed by atoms with van der Waals surface area (Å²) in [6.45, 7) is 0. The minimum atomic E-state index is -1.11. The second-order valence-corrected chi connectivity index (χ2v) is 6.00. The molecule has 1 saturated carbocycles. The third-order valence-corrected chi connectivity index (χ3v) is 4.10. The average molecular weight is 358 g/mol. The first-order chi connectivity index (χ1) is 12.5. The number of hydrogen-bond donors (Lipinski definition) is 3. The number of aromatic carboxylic acids is 2. The average Bonchev–Trinajstić information content (AvgIpc) is 2.63. The number of carboxylic acid groups (broad SMARTS) is 2. The second kappa shape index (κ2) is 9.46. The predicted octanol–water partition coefficient (Wildman–Crippen LogP) is 4.19. The molecule has 0 aromatic heterocycles. The minimum Gasteiger partial charge on any atom is -0.507 e. The summed E-state index contributed by atoms with van der Waals surface area (Å²) in [4.78, 5) is 21.2. The SMILES string of the molecule is O=C(O)c1ccccc1O.O=C(O)c1ccccc1OC1CCCCC1. The van der Waals surface area contributed by atoms with Crippen LogP contribution in [0.3, 0.4) is 0 Å². The monoisotopic (exact) mass is 358 g/mol. The number of benzene rings is 2. The zero-order valence-electron chi connectivity index (χ0n) is 14.3. The minimum absolute atomic E-state index is 0.0671. The van der Waals surface area contributed by atoms with Gasteiger partial charge in [0.15, 0.2) is 0 Å². The summed E-state index contributed by atoms with van der Waals surface area (Å²) in [5.41, 5.74) is 0.190. The highest BCUT2D eigenvalue weighted by Gasteiger charge is 2.18. The molecule has 0 aliphatic heterocycles. The van der Waals surface area contributed by atoms with Crippen LogP contribution in [0.1, 0.15) is 52.8 Å². The van der Waals surface area contributed by atoms with Crippen molar-refractivity contribution >= 4 is 11.9 Å². The van der Waals surface area contributed by atoms with Gasteiger partial charge in [-0.25, -0.2) is 9.59 Å². The van der Waals surface area contributed by atoms with E-state index in [1.165, 1.54) is 31.4 Å². The Balaban J connectivity index is 0.000000209. The van der Waals surface area contributed by atoms with Crippen LogP contribution in [0, 0.1) is 0 Å². The Kier molecular flexibility index (Phi) is 7.02. The van der Waals surface area contributed by atoms with Gasteiger partial charge < -0.3 is 20.1 Å². The Hall–Kier alpha value is -3.02. The number of phenols is 1. The molecule has 6 heteroatoms. The van der Waals surface area contributed by atoms with Gasteiger partial charge in [0.2, 0.25) is 0 Å². The summed E-state index contributed by atoms with van der Waals surface area (Å²) in [6, 6.07) is 12.7. The van der Waals surface area contributed by atoms with Crippen LogP contribution in [-0.2, 0) is 0 Å². The van der Waals surface area contributed by atoms with Crippen molar-refractivity contribution < 1.29 is 29.6 Å². The van der Waals surface area contributed by atoms with Crippen molar-refractivity contribution in [2.45, 2.75) is 38.2 Å². The maximum absolute atomic E-state index is 11.0. The number of carbonyl (C=O) groups is 2. The van der Waals surface area contributed by atoms with Crippen LogP contribution in [0.5, 0.6) is 11.5 Å². The first kappa shape index (κ1) is 19.3. The summed E-state index contributed by atoms with van der Waals surface area (Å²) in [7, 11) is 0. The van der Waals surface area contributed by atoms with Crippen molar-refractivity contribution in [1.29, 1.82) is 0 Å². The molecule has 2 aromatic carbocycles. The summed E-state index contributed by atoms with van der Waals surface area (Å²) in [5.74, 6) is -1.73. The highest BCUT2D eigenvalue weighted by molar-refractivity contribution is 5.91. The van der Waals surface area contributed by atoms with Crippen molar-refractivity contribution in [3.63, 3.8) is 0 Å². The summed E-state index contributed by atoms with van der Waals surface area (Å²) < 4.78 is 5.77. The smallest absolute Gasteiger partial charge is 0.339 e. The lowest BCUT2D eigenvalue weighted by Gasteiger charge is -2.23. The Morgan fingerprint density at radius 2 is 1.35 bits per heavy atom. The molecule has 0 heterocycles. The molecule has 2 aromatic rings. The van der Waals surface area contributed by atoms with Crippen LogP contribution < -0.4 is 4.74 Å². The van der Waals surface area contributed by atoms with Crippen molar-refractivity contribution in [3.05, 3.63) is 59.7 Å². The molecule has 26 heavy (non-hydrogen) atoms. The van der Waals surface area contributed by atoms with Gasteiger partial charge in [-0.2, -0.15) is 0 Å². The molecule has 0 spiro atoms. The van der Waals surface area contributed by atoms with Gasteiger partial charge in [0.25, 0.3) is 0 Å². The fourth-order valence-electron chi connectivity index (χ4n) is 2.76. The molecule has 1 aliphatic carbocycles. The molecule has 3 rings (SSSR count). The van der Waals surface area contributed by atoms with E-state index in [2.05, 4.69) is 0 Å². The molecule has 0 amide bonds. The van der Waals surface area contributed by atoms with E-state index < -0.39 is 11.9 Å². The first-order valence-corrected chi connectivity index (χ1v) is 8.49. The maximum atomic E-state index is 11.0. The fraction of sp³-hybridized carbons (Fsp3) is 0.300. The van der Waals surface area contributed by atoms with Crippen molar-refractivity contribution in [2.24, 2.45) is 0 Å². The predicted molar refractivity (Wildman–Crippen MR) is 96.0 cm³/mol. The number of ether oxygens (including phenoxy) is 1. The molecule has 1 aliphatic rings. The lowest BCUT2D eigenvalue weighted by Crippen LogP contribution is -2.20. The molecule has 3 N–H and O–H groups in total. The maximum Gasteiger partial charge on any atom is 0.339 e. The quantitative estimate of drug-likeness (QED) is 0.757. The molecule has 138 valence electrons. The number of aromatic hydroxyl groups is 1. The topological polar surface area (TPSA) is 104 Å². The zero-order valence-corrected chi connectivity index (χ0v) is 14.3. The molecular formula is C20H22O6. The van der Waals surface area contributed by atoms with Gasteiger partial charge in [0.1, 0.15) is 22.6 Å². The van der Waals surface area contributed by atoms with E-state index >= 15 is 0 Å². The van der Waals surface area contributed by atoms with Crippen LogP contribution in [0.4, 0.5) is 0 Å². The summed E-state index contributed by atoms with van der Waals surface area (Å²) in [5, 5.41) is 26.3. The summed E-state index contributed by atoms with van der Waals surface area (Å²) in [6.07, 6.45) is 5.89. The normalized spacial score (nSPS) is 14.0. The van der Waals surface area contributed by atoms with Crippen molar-refractivity contribution in [2.75, 3.05) is 0 Å². The van der Waals surface area contributed by atoms with Crippen LogP contribution in [0.25, 0.3) is 0 Å². The van der Waals surface area contributed by atoms with Crippen LogP contribution in [-0.4, -0.2) is 33.4 Å². The van der Waals surface area contributed by atoms with E-state index in [9.17, 15) is 9.59 Å². The number of carboxylic acids is 2. The van der Waals surface area contributed by atoms with E-state index in [1.807, 2.05) is 6.07 Å². The second-order valence-electron chi connectivity index (χ2n) is 6.00. The third-order valence-electron chi connectivity index (χ3n) is 4.10. The number of rotatable bonds is 4. The van der Waals surface area contributed by atoms with Crippen LogP contribution in [0.15, 0.2) is 48.5 Å². The van der Waals surface area contributed by atoms with Gasteiger partial charge >= 0.3 is 11.9 Å². The number of hydrogen-bond acceptors (Lipinski definition) is 4. The van der Waals surface area contributed by atoms with Crippen LogP contribution >= 0.6 is 0 Å². The molecule has 6 nitrogen and oxygen atoms in total. The lowest BCUT2D eigenvalue weighted by atomic mass is 9.97. The fourth-order valence-corrected chi connectivity index (χ4v) is 2.76. The van der Waals surface area contributed by atoms with Crippen LogP contribution in [0.2, 0.25) is 0 Å². The number of para-hydroxylation sites is 2. The third kappa shape index (κ3) is 5.51. The lowest BCUT2D eigenvalue weighted by molar-refractivity contribution is 0.0677. The molecule has 0 radical (unpaired) electrons. The molecule has 0 atom stereocenters. The standard InChI is InChI=1S/C13H16O3.C7H6O3/c14-13(15)11-8-4-5-9-12(11)16-10-6-2-1-3-7-10;8-6-4-2-1-3-5(6)7(9)10/h4-5,8-10H,1-3,6-7H2,(H,14,15);1-4,8H,(H,9,10). The van der Waals surface area contributed by atoms with Gasteiger partial charge in [-0.3, -0.25) is 0 Å². The van der Waals surface area contributed by atoms with E-state index in [-0.39, 0.29) is 23.0 Å². The molecule has 0 bridgehead atoms. The zero-order chi connectivity index (χ0) is 18.9. The van der Waals surface area contributed by atoms with Crippen molar-refractivity contribution in [3.8, 4) is 11.5 Å². The van der Waals surface area contributed by atoms with Gasteiger partial charge in [-0.1, -0.05) is 30.7 Å². The van der Waals surface area contributed by atoms with Gasteiger partial charge in [0, 0.05) is 0 Å². The Morgan fingerprint density at radius 1 is 0.808 bits per heavy atom. The molecule has 0 unspecified atom stereocenters. The van der Waals surface area contributed by atoms with E-state index in [4.69, 9.17) is 20.1 Å². The van der Waals surface area contributed by atoms with E-state index in [0.717, 1.165) is 12.8 Å². The van der Waals surface area contributed by atoms with Gasteiger partial charge in [-0.05, 0) is 49.9 Å². The van der Waals surface area contributed by atoms with E-state index in [1.54, 1.807) is 30.3 Å². The summed E-state index contributed by atoms with van der Waals surface area (Å²) >= 11 is 0. The van der Waals surface area contributed by atoms with E-state index in [0.29, 0.717) is 5.75 Å². The van der Waals surface area contributed by atoms with Crippen molar-refractivity contribution in [1.82, 2.24) is 0 Å². The molecule has 1 fully saturated rings. The van der Waals surface area contributed by atoms with Gasteiger partial charge in [-0.15, -0.1) is 0 Å². The van der Waals surface area contributed by atoms with Gasteiger partial charge in [0.05, 0.1) is 6.10 Å². The highest BCUT2D eigenvalue weighted by atomic mass is 16.5. The Bertz CT molecular complexity index is 749. The highest BCUT2D eigenvalue weighted by Crippen LogP contribution is 2.25. The molecular weight excluding hydrogens is 336 g/mol. The largest absolute Gasteiger partial charge is 0.507 e. The Labute approximate surface area is 151 Å². The Morgan fingerprint density at radius 3 is 1.88 bits per heavy atom.